The topological polar surface area (TPSA) is 94.2 Å². The number of hydrogen-bond donors (Lipinski definition) is 4. The van der Waals surface area contributed by atoms with Gasteiger partial charge in [0.15, 0.2) is 0 Å². The third kappa shape index (κ3) is 7.15. The van der Waals surface area contributed by atoms with E-state index in [4.69, 9.17) is 0 Å². The zero-order valence-electron chi connectivity index (χ0n) is 18.3. The van der Waals surface area contributed by atoms with Crippen LogP contribution in [-0.4, -0.2) is 47.1 Å². The first-order valence-electron chi connectivity index (χ1n) is 11.1. The lowest BCUT2D eigenvalue weighted by Crippen LogP contribution is -2.32. The molecule has 0 bridgehead atoms. The number of halogens is 1. The van der Waals surface area contributed by atoms with Gasteiger partial charge in [0.05, 0.1) is 4.47 Å². The Morgan fingerprint density at radius 2 is 1.97 bits per heavy atom. The Morgan fingerprint density at radius 3 is 2.79 bits per heavy atom. The van der Waals surface area contributed by atoms with E-state index in [-0.39, 0.29) is 6.03 Å². The second-order valence-corrected chi connectivity index (χ2v) is 9.64. The number of carbonyl (C=O) groups excluding carboxylic acids is 1. The highest BCUT2D eigenvalue weighted by Gasteiger charge is 2.17. The number of aromatic nitrogens is 2. The van der Waals surface area contributed by atoms with E-state index in [1.54, 1.807) is 17.5 Å². The van der Waals surface area contributed by atoms with Crippen molar-refractivity contribution in [3.8, 4) is 0 Å². The summed E-state index contributed by atoms with van der Waals surface area (Å²) in [5, 5.41) is 15.1. The number of rotatable bonds is 10. The average Bonchev–Trinajstić information content (AvgIpc) is 3.53. The smallest absolute Gasteiger partial charge is 0.321 e. The summed E-state index contributed by atoms with van der Waals surface area (Å²) < 4.78 is 0.811. The number of hydrogen-bond acceptors (Lipinski definition) is 7. The van der Waals surface area contributed by atoms with Gasteiger partial charge in [0.25, 0.3) is 0 Å². The normalized spacial score (nSPS) is 13.2. The minimum Gasteiger partial charge on any atom is -0.369 e. The third-order valence-electron chi connectivity index (χ3n) is 5.21. The molecule has 1 saturated heterocycles. The van der Waals surface area contributed by atoms with Crippen LogP contribution < -0.4 is 21.3 Å². The molecule has 0 spiro atoms. The molecule has 1 aliphatic rings. The molecule has 1 fully saturated rings. The van der Waals surface area contributed by atoms with Crippen molar-refractivity contribution in [3.05, 3.63) is 57.3 Å². The molecule has 0 radical (unpaired) electrons. The molecular formula is C23H28BrN7OS. The molecule has 0 saturated carbocycles. The van der Waals surface area contributed by atoms with Gasteiger partial charge in [-0.3, -0.25) is 0 Å². The molecule has 4 rings (SSSR count). The second-order valence-electron chi connectivity index (χ2n) is 7.76. The number of benzene rings is 1. The van der Waals surface area contributed by atoms with E-state index in [1.165, 1.54) is 4.88 Å². The van der Waals surface area contributed by atoms with Crippen molar-refractivity contribution in [2.75, 3.05) is 42.1 Å². The molecule has 0 unspecified atom stereocenters. The summed E-state index contributed by atoms with van der Waals surface area (Å²) in [5.74, 6) is 1.23. The summed E-state index contributed by atoms with van der Waals surface area (Å²) >= 11 is 5.28. The number of nitrogens with zero attached hydrogens (tertiary/aromatic N) is 3. The van der Waals surface area contributed by atoms with Crippen LogP contribution in [0.5, 0.6) is 0 Å². The van der Waals surface area contributed by atoms with Crippen LogP contribution in [0.1, 0.15) is 24.1 Å². The standard InChI is InChI=1S/C23H28BrN7OS/c24-20-16-27-22(30-21(20)26-10-5-9-25-15-19-8-4-13-33-19)28-17-6-3-7-18(14-17)29-23(32)31-11-1-2-12-31/h3-4,6-8,13-14,16,25H,1-2,5,9-12,15H2,(H,29,32)(H2,26,27,28,30). The fourth-order valence-electron chi connectivity index (χ4n) is 3.52. The number of nitrogens with one attached hydrogen (secondary N) is 4. The molecule has 2 aromatic heterocycles. The lowest BCUT2D eigenvalue weighted by Gasteiger charge is -2.16. The molecule has 0 aliphatic carbocycles. The van der Waals surface area contributed by atoms with Gasteiger partial charge in [0, 0.05) is 48.6 Å². The van der Waals surface area contributed by atoms with Crippen molar-refractivity contribution in [2.45, 2.75) is 25.8 Å². The van der Waals surface area contributed by atoms with Crippen LogP contribution in [0, 0.1) is 0 Å². The van der Waals surface area contributed by atoms with Gasteiger partial charge in [-0.2, -0.15) is 4.98 Å². The number of amides is 2. The second kappa shape index (κ2) is 12.0. The van der Waals surface area contributed by atoms with Crippen molar-refractivity contribution in [3.63, 3.8) is 0 Å². The SMILES string of the molecule is O=C(Nc1cccc(Nc2ncc(Br)c(NCCCNCc3cccs3)n2)c1)N1CCCC1. The van der Waals surface area contributed by atoms with E-state index >= 15 is 0 Å². The Bertz CT molecular complexity index is 1040. The van der Waals surface area contributed by atoms with Gasteiger partial charge < -0.3 is 26.2 Å². The number of carbonyl (C=O) groups is 1. The molecule has 2 amide bonds. The number of likely N-dealkylation sites (tertiary alicyclic amines) is 1. The van der Waals surface area contributed by atoms with Gasteiger partial charge in [0.1, 0.15) is 5.82 Å². The van der Waals surface area contributed by atoms with Gasteiger partial charge in [-0.05, 0) is 71.4 Å². The Hall–Kier alpha value is -2.69. The fourth-order valence-corrected chi connectivity index (χ4v) is 4.53. The van der Waals surface area contributed by atoms with Crippen molar-refractivity contribution in [1.82, 2.24) is 20.2 Å². The molecule has 3 heterocycles. The molecule has 3 aromatic rings. The molecule has 8 nitrogen and oxygen atoms in total. The lowest BCUT2D eigenvalue weighted by molar-refractivity contribution is 0.222. The van der Waals surface area contributed by atoms with Gasteiger partial charge in [-0.15, -0.1) is 11.3 Å². The Morgan fingerprint density at radius 1 is 1.12 bits per heavy atom. The Balaban J connectivity index is 1.27. The van der Waals surface area contributed by atoms with Crippen LogP contribution in [0.4, 0.5) is 27.9 Å². The number of urea groups is 1. The molecule has 0 atom stereocenters. The minimum absolute atomic E-state index is 0.0547. The van der Waals surface area contributed by atoms with Crippen LogP contribution in [0.2, 0.25) is 0 Å². The van der Waals surface area contributed by atoms with Gasteiger partial charge in [-0.25, -0.2) is 9.78 Å². The van der Waals surface area contributed by atoms with E-state index in [9.17, 15) is 4.79 Å². The van der Waals surface area contributed by atoms with Crippen LogP contribution in [-0.2, 0) is 6.54 Å². The van der Waals surface area contributed by atoms with Crippen LogP contribution >= 0.6 is 27.3 Å². The fraction of sp³-hybridized carbons (Fsp3) is 0.348. The largest absolute Gasteiger partial charge is 0.369 e. The quantitative estimate of drug-likeness (QED) is 0.267. The maximum absolute atomic E-state index is 12.3. The zero-order valence-corrected chi connectivity index (χ0v) is 20.7. The van der Waals surface area contributed by atoms with E-state index in [1.807, 2.05) is 29.2 Å². The first-order chi connectivity index (χ1) is 16.2. The summed E-state index contributed by atoms with van der Waals surface area (Å²) in [6.07, 6.45) is 4.84. The predicted molar refractivity (Wildman–Crippen MR) is 138 cm³/mol. The highest BCUT2D eigenvalue weighted by Crippen LogP contribution is 2.23. The molecule has 1 aromatic carbocycles. The lowest BCUT2D eigenvalue weighted by atomic mass is 10.3. The molecule has 1 aliphatic heterocycles. The molecule has 174 valence electrons. The first-order valence-corrected chi connectivity index (χ1v) is 12.8. The summed E-state index contributed by atoms with van der Waals surface area (Å²) in [5.41, 5.74) is 1.54. The molecule has 4 N–H and O–H groups in total. The van der Waals surface area contributed by atoms with Crippen LogP contribution in [0.3, 0.4) is 0 Å². The predicted octanol–water partition coefficient (Wildman–Crippen LogP) is 5.26. The van der Waals surface area contributed by atoms with Crippen LogP contribution in [0.25, 0.3) is 0 Å². The van der Waals surface area contributed by atoms with Crippen molar-refractivity contribution in [2.24, 2.45) is 0 Å². The summed E-state index contributed by atoms with van der Waals surface area (Å²) in [4.78, 5) is 24.5. The molecule has 33 heavy (non-hydrogen) atoms. The van der Waals surface area contributed by atoms with Gasteiger partial charge in [0.2, 0.25) is 5.95 Å². The van der Waals surface area contributed by atoms with E-state index < -0.39 is 0 Å². The Kier molecular flexibility index (Phi) is 8.51. The first kappa shape index (κ1) is 23.5. The van der Waals surface area contributed by atoms with Crippen molar-refractivity contribution >= 4 is 56.4 Å². The van der Waals surface area contributed by atoms with Gasteiger partial charge >= 0.3 is 6.03 Å². The number of anilines is 4. The van der Waals surface area contributed by atoms with Crippen molar-refractivity contribution < 1.29 is 4.79 Å². The van der Waals surface area contributed by atoms with E-state index in [0.29, 0.717) is 5.95 Å². The monoisotopic (exact) mass is 529 g/mol. The molecule has 10 heteroatoms. The highest BCUT2D eigenvalue weighted by atomic mass is 79.9. The third-order valence-corrected chi connectivity index (χ3v) is 6.67. The van der Waals surface area contributed by atoms with Crippen molar-refractivity contribution in [1.29, 1.82) is 0 Å². The van der Waals surface area contributed by atoms with E-state index in [2.05, 4.69) is 64.7 Å². The van der Waals surface area contributed by atoms with E-state index in [0.717, 1.165) is 73.7 Å². The molecular weight excluding hydrogens is 502 g/mol. The number of thiophene rings is 1. The maximum Gasteiger partial charge on any atom is 0.321 e. The summed E-state index contributed by atoms with van der Waals surface area (Å²) in [6, 6.07) is 11.7. The van der Waals surface area contributed by atoms with Gasteiger partial charge in [-0.1, -0.05) is 12.1 Å². The highest BCUT2D eigenvalue weighted by molar-refractivity contribution is 9.10. The Labute approximate surface area is 206 Å². The van der Waals surface area contributed by atoms with Crippen LogP contribution in [0.15, 0.2) is 52.4 Å². The average molecular weight is 530 g/mol. The minimum atomic E-state index is -0.0547. The summed E-state index contributed by atoms with van der Waals surface area (Å²) in [7, 11) is 0. The summed E-state index contributed by atoms with van der Waals surface area (Å²) in [6.45, 7) is 4.26. The maximum atomic E-state index is 12.3. The zero-order chi connectivity index (χ0) is 22.9.